The number of likely N-dealkylation sites (N-methyl/N-ethyl adjacent to an activating group) is 1. The van der Waals surface area contributed by atoms with Crippen molar-refractivity contribution < 1.29 is 0 Å². The summed E-state index contributed by atoms with van der Waals surface area (Å²) in [6, 6.07) is 10.4. The molecule has 0 amide bonds. The molecule has 0 saturated heterocycles. The SMILES string of the molecule is Cc1cc(CN(C)CCc2ccncc2)ccc1N. The first-order valence-corrected chi connectivity index (χ1v) is 6.57. The Kier molecular flexibility index (Phi) is 4.53. The van der Waals surface area contributed by atoms with E-state index in [9.17, 15) is 0 Å². The minimum Gasteiger partial charge on any atom is -0.399 e. The Bertz CT molecular complexity index is 523. The van der Waals surface area contributed by atoms with Crippen LogP contribution in [0, 0.1) is 6.92 Å². The fraction of sp³-hybridized carbons (Fsp3) is 0.312. The van der Waals surface area contributed by atoms with Crippen LogP contribution in [-0.4, -0.2) is 23.5 Å². The van der Waals surface area contributed by atoms with Gasteiger partial charge in [-0.3, -0.25) is 4.98 Å². The highest BCUT2D eigenvalue weighted by Crippen LogP contribution is 2.14. The number of hydrogen-bond acceptors (Lipinski definition) is 3. The normalized spacial score (nSPS) is 10.9. The number of pyridine rings is 1. The second kappa shape index (κ2) is 6.34. The monoisotopic (exact) mass is 255 g/mol. The van der Waals surface area contributed by atoms with E-state index in [4.69, 9.17) is 5.73 Å². The number of nitrogen functional groups attached to an aromatic ring is 1. The van der Waals surface area contributed by atoms with Crippen molar-refractivity contribution in [2.45, 2.75) is 19.9 Å². The number of anilines is 1. The van der Waals surface area contributed by atoms with Crippen molar-refractivity contribution in [2.75, 3.05) is 19.3 Å². The first-order valence-electron chi connectivity index (χ1n) is 6.57. The van der Waals surface area contributed by atoms with Crippen molar-refractivity contribution in [1.29, 1.82) is 0 Å². The van der Waals surface area contributed by atoms with E-state index in [1.807, 2.05) is 18.5 Å². The molecule has 0 fully saturated rings. The predicted octanol–water partition coefficient (Wildman–Crippen LogP) is 2.65. The predicted molar refractivity (Wildman–Crippen MR) is 79.9 cm³/mol. The Morgan fingerprint density at radius 2 is 1.84 bits per heavy atom. The molecule has 0 radical (unpaired) electrons. The number of rotatable bonds is 5. The quantitative estimate of drug-likeness (QED) is 0.835. The Morgan fingerprint density at radius 1 is 1.11 bits per heavy atom. The van der Waals surface area contributed by atoms with Gasteiger partial charge in [0.15, 0.2) is 0 Å². The number of hydrogen-bond donors (Lipinski definition) is 1. The second-order valence-electron chi connectivity index (χ2n) is 5.03. The van der Waals surface area contributed by atoms with Crippen LogP contribution in [0.3, 0.4) is 0 Å². The second-order valence-corrected chi connectivity index (χ2v) is 5.03. The summed E-state index contributed by atoms with van der Waals surface area (Å²) in [6.07, 6.45) is 4.74. The van der Waals surface area contributed by atoms with E-state index >= 15 is 0 Å². The van der Waals surface area contributed by atoms with Crippen molar-refractivity contribution in [2.24, 2.45) is 0 Å². The van der Waals surface area contributed by atoms with Gasteiger partial charge in [-0.15, -0.1) is 0 Å². The maximum absolute atomic E-state index is 5.83. The van der Waals surface area contributed by atoms with Crippen LogP contribution in [-0.2, 0) is 13.0 Å². The highest BCUT2D eigenvalue weighted by atomic mass is 15.1. The van der Waals surface area contributed by atoms with Crippen LogP contribution in [0.4, 0.5) is 5.69 Å². The first kappa shape index (κ1) is 13.6. The number of benzene rings is 1. The van der Waals surface area contributed by atoms with Crippen molar-refractivity contribution in [3.63, 3.8) is 0 Å². The van der Waals surface area contributed by atoms with Gasteiger partial charge in [0.1, 0.15) is 0 Å². The Balaban J connectivity index is 1.87. The maximum atomic E-state index is 5.83. The van der Waals surface area contributed by atoms with Crippen molar-refractivity contribution in [3.8, 4) is 0 Å². The van der Waals surface area contributed by atoms with E-state index in [0.717, 1.165) is 30.8 Å². The molecule has 0 aliphatic carbocycles. The van der Waals surface area contributed by atoms with E-state index in [1.165, 1.54) is 11.1 Å². The van der Waals surface area contributed by atoms with E-state index in [0.29, 0.717) is 0 Å². The van der Waals surface area contributed by atoms with Gasteiger partial charge in [-0.2, -0.15) is 0 Å². The molecule has 100 valence electrons. The van der Waals surface area contributed by atoms with E-state index in [-0.39, 0.29) is 0 Å². The van der Waals surface area contributed by atoms with E-state index < -0.39 is 0 Å². The van der Waals surface area contributed by atoms with Crippen molar-refractivity contribution >= 4 is 5.69 Å². The summed E-state index contributed by atoms with van der Waals surface area (Å²) < 4.78 is 0. The molecule has 0 saturated carbocycles. The van der Waals surface area contributed by atoms with Gasteiger partial charge in [0, 0.05) is 31.2 Å². The zero-order valence-electron chi connectivity index (χ0n) is 11.6. The van der Waals surface area contributed by atoms with Gasteiger partial charge in [-0.25, -0.2) is 0 Å². The zero-order chi connectivity index (χ0) is 13.7. The zero-order valence-corrected chi connectivity index (χ0v) is 11.6. The number of aromatic nitrogens is 1. The molecule has 0 unspecified atom stereocenters. The van der Waals surface area contributed by atoms with E-state index in [2.05, 4.69) is 48.1 Å². The largest absolute Gasteiger partial charge is 0.399 e. The topological polar surface area (TPSA) is 42.2 Å². The maximum Gasteiger partial charge on any atom is 0.0343 e. The van der Waals surface area contributed by atoms with Crippen LogP contribution in [0.5, 0.6) is 0 Å². The van der Waals surface area contributed by atoms with Crippen LogP contribution < -0.4 is 5.73 Å². The lowest BCUT2D eigenvalue weighted by atomic mass is 10.1. The van der Waals surface area contributed by atoms with Gasteiger partial charge in [-0.05, 0) is 55.3 Å². The summed E-state index contributed by atoms with van der Waals surface area (Å²) in [5.74, 6) is 0. The molecule has 2 aromatic rings. The molecule has 2 rings (SSSR count). The van der Waals surface area contributed by atoms with Gasteiger partial charge >= 0.3 is 0 Å². The third kappa shape index (κ3) is 4.07. The summed E-state index contributed by atoms with van der Waals surface area (Å²) in [6.45, 7) is 4.04. The molecule has 0 spiro atoms. The Hall–Kier alpha value is -1.87. The van der Waals surface area contributed by atoms with E-state index in [1.54, 1.807) is 0 Å². The fourth-order valence-corrected chi connectivity index (χ4v) is 2.10. The smallest absolute Gasteiger partial charge is 0.0343 e. The van der Waals surface area contributed by atoms with Gasteiger partial charge in [0.2, 0.25) is 0 Å². The Morgan fingerprint density at radius 3 is 2.53 bits per heavy atom. The molecule has 0 aliphatic heterocycles. The molecule has 19 heavy (non-hydrogen) atoms. The fourth-order valence-electron chi connectivity index (χ4n) is 2.10. The lowest BCUT2D eigenvalue weighted by molar-refractivity contribution is 0.331. The third-order valence-corrected chi connectivity index (χ3v) is 3.32. The average Bonchev–Trinajstić information content (AvgIpc) is 2.42. The molecule has 1 heterocycles. The molecule has 2 N–H and O–H groups in total. The first-order chi connectivity index (χ1) is 9.15. The third-order valence-electron chi connectivity index (χ3n) is 3.32. The van der Waals surface area contributed by atoms with Crippen molar-refractivity contribution in [1.82, 2.24) is 9.88 Å². The molecular formula is C16H21N3. The molecule has 0 bridgehead atoms. The van der Waals surface area contributed by atoms with Crippen LogP contribution in [0.2, 0.25) is 0 Å². The van der Waals surface area contributed by atoms with Gasteiger partial charge in [0.05, 0.1) is 0 Å². The number of nitrogens with zero attached hydrogens (tertiary/aromatic N) is 2. The molecule has 3 nitrogen and oxygen atoms in total. The van der Waals surface area contributed by atoms with Crippen molar-refractivity contribution in [3.05, 3.63) is 59.4 Å². The van der Waals surface area contributed by atoms with Crippen LogP contribution in [0.1, 0.15) is 16.7 Å². The summed E-state index contributed by atoms with van der Waals surface area (Å²) in [7, 11) is 2.15. The summed E-state index contributed by atoms with van der Waals surface area (Å²) in [4.78, 5) is 6.36. The standard InChI is InChI=1S/C16H21N3/c1-13-11-15(3-4-16(13)17)12-19(2)10-7-14-5-8-18-9-6-14/h3-6,8-9,11H,7,10,12,17H2,1-2H3. The number of nitrogens with two attached hydrogens (primary N) is 1. The average molecular weight is 255 g/mol. The summed E-state index contributed by atoms with van der Waals surface area (Å²) >= 11 is 0. The minimum absolute atomic E-state index is 0.864. The van der Waals surface area contributed by atoms with Crippen LogP contribution >= 0.6 is 0 Å². The molecule has 1 aromatic heterocycles. The Labute approximate surface area is 115 Å². The van der Waals surface area contributed by atoms with Gasteiger partial charge < -0.3 is 10.6 Å². The molecule has 1 aromatic carbocycles. The van der Waals surface area contributed by atoms with Crippen LogP contribution in [0.25, 0.3) is 0 Å². The minimum atomic E-state index is 0.864. The summed E-state index contributed by atoms with van der Waals surface area (Å²) in [5.41, 5.74) is 10.5. The molecule has 0 atom stereocenters. The lowest BCUT2D eigenvalue weighted by Gasteiger charge is -2.17. The highest BCUT2D eigenvalue weighted by Gasteiger charge is 2.02. The molecule has 3 heteroatoms. The molecule has 0 aliphatic rings. The lowest BCUT2D eigenvalue weighted by Crippen LogP contribution is -2.20. The van der Waals surface area contributed by atoms with Gasteiger partial charge in [0.25, 0.3) is 0 Å². The number of aryl methyl sites for hydroxylation is 1. The summed E-state index contributed by atoms with van der Waals surface area (Å²) in [5, 5.41) is 0. The highest BCUT2D eigenvalue weighted by molar-refractivity contribution is 5.47. The molecular weight excluding hydrogens is 234 g/mol. The van der Waals surface area contributed by atoms with Gasteiger partial charge in [-0.1, -0.05) is 12.1 Å². The van der Waals surface area contributed by atoms with Crippen LogP contribution in [0.15, 0.2) is 42.7 Å².